The van der Waals surface area contributed by atoms with Crippen LogP contribution < -0.4 is 9.47 Å². The van der Waals surface area contributed by atoms with E-state index in [-0.39, 0.29) is 34.1 Å². The molecule has 0 aromatic heterocycles. The van der Waals surface area contributed by atoms with Gasteiger partial charge in [-0.1, -0.05) is 31.0 Å². The third kappa shape index (κ3) is 2.92. The number of aliphatic hydroxyl groups excluding tert-OH is 1. The van der Waals surface area contributed by atoms with Crippen LogP contribution in [0, 0.1) is 16.0 Å². The summed E-state index contributed by atoms with van der Waals surface area (Å²) in [6, 6.07) is 11.2. The van der Waals surface area contributed by atoms with Gasteiger partial charge in [0.05, 0.1) is 25.2 Å². The predicted molar refractivity (Wildman–Crippen MR) is 105 cm³/mol. The molecule has 2 aromatic carbocycles. The second kappa shape index (κ2) is 7.43. The number of aliphatic hydroxyl groups is 1. The van der Waals surface area contributed by atoms with Gasteiger partial charge in [-0.05, 0) is 54.0 Å². The fourth-order valence-electron chi connectivity index (χ4n) is 5.24. The summed E-state index contributed by atoms with van der Waals surface area (Å²) in [5.74, 6) is 1.17. The first-order valence-corrected chi connectivity index (χ1v) is 9.74. The van der Waals surface area contributed by atoms with E-state index in [1.165, 1.54) is 7.11 Å². The summed E-state index contributed by atoms with van der Waals surface area (Å²) in [5.41, 5.74) is 2.40. The molecular formula is C22H25NO5. The van der Waals surface area contributed by atoms with E-state index in [9.17, 15) is 15.2 Å². The first-order chi connectivity index (χ1) is 13.6. The van der Waals surface area contributed by atoms with Crippen molar-refractivity contribution in [3.63, 3.8) is 0 Å². The highest BCUT2D eigenvalue weighted by molar-refractivity contribution is 5.60. The first-order valence-electron chi connectivity index (χ1n) is 9.74. The van der Waals surface area contributed by atoms with E-state index in [1.54, 1.807) is 19.2 Å². The van der Waals surface area contributed by atoms with Gasteiger partial charge in [-0.15, -0.1) is 0 Å². The van der Waals surface area contributed by atoms with Gasteiger partial charge >= 0.3 is 5.69 Å². The van der Waals surface area contributed by atoms with Crippen LogP contribution in [-0.4, -0.2) is 24.2 Å². The summed E-state index contributed by atoms with van der Waals surface area (Å²) >= 11 is 0. The van der Waals surface area contributed by atoms with Gasteiger partial charge in [-0.2, -0.15) is 0 Å². The molecule has 1 saturated carbocycles. The zero-order chi connectivity index (χ0) is 19.8. The Morgan fingerprint density at radius 3 is 2.39 bits per heavy atom. The van der Waals surface area contributed by atoms with Gasteiger partial charge in [-0.3, -0.25) is 10.1 Å². The van der Waals surface area contributed by atoms with Crippen molar-refractivity contribution < 1.29 is 19.5 Å². The topological polar surface area (TPSA) is 81.8 Å². The Bertz CT molecular complexity index is 879. The van der Waals surface area contributed by atoms with Crippen LogP contribution in [-0.2, 0) is 0 Å². The molecule has 4 atom stereocenters. The number of hydrogen-bond donors (Lipinski definition) is 1. The van der Waals surface area contributed by atoms with Crippen LogP contribution in [0.1, 0.15) is 60.3 Å². The molecule has 0 heterocycles. The van der Waals surface area contributed by atoms with E-state index >= 15 is 0 Å². The summed E-state index contributed by atoms with van der Waals surface area (Å²) in [7, 11) is 3.08. The molecule has 6 heteroatoms. The van der Waals surface area contributed by atoms with Gasteiger partial charge in [0.15, 0.2) is 5.75 Å². The van der Waals surface area contributed by atoms with Gasteiger partial charge < -0.3 is 14.6 Å². The number of hydrogen-bond acceptors (Lipinski definition) is 5. The van der Waals surface area contributed by atoms with Gasteiger partial charge in [0.1, 0.15) is 5.75 Å². The summed E-state index contributed by atoms with van der Waals surface area (Å²) in [6.45, 7) is 0. The Balaban J connectivity index is 1.88. The normalized spacial score (nSPS) is 26.1. The van der Waals surface area contributed by atoms with E-state index in [0.29, 0.717) is 11.1 Å². The number of fused-ring (bicyclic) bond motifs is 3. The maximum Gasteiger partial charge on any atom is 0.314 e. The molecule has 6 nitrogen and oxygen atoms in total. The number of benzene rings is 2. The highest BCUT2D eigenvalue weighted by Crippen LogP contribution is 2.58. The average Bonchev–Trinajstić information content (AvgIpc) is 2.73. The Morgan fingerprint density at radius 2 is 1.75 bits per heavy atom. The molecule has 2 unspecified atom stereocenters. The van der Waals surface area contributed by atoms with Crippen molar-refractivity contribution in [1.82, 2.24) is 0 Å². The Kier molecular flexibility index (Phi) is 4.98. The maximum absolute atomic E-state index is 11.9. The smallest absolute Gasteiger partial charge is 0.314 e. The van der Waals surface area contributed by atoms with Crippen molar-refractivity contribution in [1.29, 1.82) is 0 Å². The Labute approximate surface area is 164 Å². The molecule has 0 saturated heterocycles. The number of nitro benzene ring substituents is 1. The van der Waals surface area contributed by atoms with E-state index in [2.05, 4.69) is 0 Å². The third-order valence-corrected chi connectivity index (χ3v) is 6.43. The van der Waals surface area contributed by atoms with Gasteiger partial charge in [0.2, 0.25) is 0 Å². The molecule has 0 bridgehead atoms. The van der Waals surface area contributed by atoms with Crippen molar-refractivity contribution in [2.45, 2.75) is 43.6 Å². The lowest BCUT2D eigenvalue weighted by Crippen LogP contribution is -2.34. The van der Waals surface area contributed by atoms with E-state index in [0.717, 1.165) is 37.0 Å². The van der Waals surface area contributed by atoms with Crippen LogP contribution in [0.25, 0.3) is 0 Å². The average molecular weight is 383 g/mol. The minimum absolute atomic E-state index is 0.0177. The Morgan fingerprint density at radius 1 is 1.04 bits per heavy atom. The molecule has 0 aliphatic heterocycles. The van der Waals surface area contributed by atoms with Crippen LogP contribution in [0.5, 0.6) is 11.5 Å². The molecule has 1 fully saturated rings. The Hall–Kier alpha value is -2.60. The van der Waals surface area contributed by atoms with Crippen molar-refractivity contribution in [3.8, 4) is 11.5 Å². The molecule has 0 spiro atoms. The van der Waals surface area contributed by atoms with Crippen molar-refractivity contribution in [2.24, 2.45) is 5.92 Å². The molecule has 148 valence electrons. The zero-order valence-electron chi connectivity index (χ0n) is 16.1. The van der Waals surface area contributed by atoms with Gasteiger partial charge in [0.25, 0.3) is 0 Å². The van der Waals surface area contributed by atoms with Crippen LogP contribution >= 0.6 is 0 Å². The molecular weight excluding hydrogens is 358 g/mol. The number of nitro groups is 1. The third-order valence-electron chi connectivity index (χ3n) is 6.43. The molecule has 0 radical (unpaired) electrons. The van der Waals surface area contributed by atoms with Gasteiger partial charge in [0, 0.05) is 11.5 Å². The lowest BCUT2D eigenvalue weighted by Gasteiger charge is -2.45. The monoisotopic (exact) mass is 383 g/mol. The van der Waals surface area contributed by atoms with Crippen molar-refractivity contribution in [3.05, 3.63) is 63.2 Å². The lowest BCUT2D eigenvalue weighted by atomic mass is 9.60. The van der Waals surface area contributed by atoms with E-state index < -0.39 is 6.10 Å². The second-order valence-electron chi connectivity index (χ2n) is 7.68. The molecule has 2 aliphatic rings. The summed E-state index contributed by atoms with van der Waals surface area (Å²) in [6.07, 6.45) is 3.18. The standard InChI is InChI=1S/C22H25NO5/c1-27-14-9-7-13(8-10-14)19-15-5-3-4-6-16(15)20-17(22(19)24)11-12-18(28-2)21(20)23(25)26/h7-12,15-16,19,22,24H,3-6H2,1-2H3/t15-,16+,19?,22?/m0/s1. The SMILES string of the molecule is COc1ccc(C2C(O)c3ccc(OC)c([N+](=O)[O-])c3[C@@H]3CCCC[C@H]23)cc1. The summed E-state index contributed by atoms with van der Waals surface area (Å²) in [4.78, 5) is 11.5. The van der Waals surface area contributed by atoms with Crippen LogP contribution in [0.3, 0.4) is 0 Å². The minimum Gasteiger partial charge on any atom is -0.497 e. The molecule has 4 rings (SSSR count). The second-order valence-corrected chi connectivity index (χ2v) is 7.68. The lowest BCUT2D eigenvalue weighted by molar-refractivity contribution is -0.387. The van der Waals surface area contributed by atoms with Crippen LogP contribution in [0.2, 0.25) is 0 Å². The van der Waals surface area contributed by atoms with Crippen molar-refractivity contribution in [2.75, 3.05) is 14.2 Å². The summed E-state index contributed by atoms with van der Waals surface area (Å²) in [5, 5.41) is 23.2. The molecule has 1 N–H and O–H groups in total. The minimum atomic E-state index is -0.785. The van der Waals surface area contributed by atoms with Crippen LogP contribution in [0.4, 0.5) is 5.69 Å². The first kappa shape index (κ1) is 18.7. The fraction of sp³-hybridized carbons (Fsp3) is 0.455. The van der Waals surface area contributed by atoms with Crippen molar-refractivity contribution >= 4 is 5.69 Å². The maximum atomic E-state index is 11.9. The number of rotatable bonds is 4. The van der Waals surface area contributed by atoms with Gasteiger partial charge in [-0.25, -0.2) is 0 Å². The quantitative estimate of drug-likeness (QED) is 0.610. The highest BCUT2D eigenvalue weighted by atomic mass is 16.6. The number of nitrogens with zero attached hydrogens (tertiary/aromatic N) is 1. The number of methoxy groups -OCH3 is 2. The zero-order valence-corrected chi connectivity index (χ0v) is 16.1. The molecule has 28 heavy (non-hydrogen) atoms. The largest absolute Gasteiger partial charge is 0.497 e. The van der Waals surface area contributed by atoms with Crippen LogP contribution in [0.15, 0.2) is 36.4 Å². The summed E-state index contributed by atoms with van der Waals surface area (Å²) < 4.78 is 10.5. The van der Waals surface area contributed by atoms with E-state index in [1.807, 2.05) is 24.3 Å². The molecule has 0 amide bonds. The molecule has 2 aromatic rings. The number of ether oxygens (including phenoxy) is 2. The fourth-order valence-corrected chi connectivity index (χ4v) is 5.24. The predicted octanol–water partition coefficient (Wildman–Crippen LogP) is 4.72. The van der Waals surface area contributed by atoms with E-state index in [4.69, 9.17) is 9.47 Å². The molecule has 2 aliphatic carbocycles. The highest BCUT2D eigenvalue weighted by Gasteiger charge is 2.47.